The second kappa shape index (κ2) is 12.9. The van der Waals surface area contributed by atoms with Gasteiger partial charge in [0.25, 0.3) is 5.56 Å². The van der Waals surface area contributed by atoms with E-state index in [1.807, 2.05) is 67.8 Å². The van der Waals surface area contributed by atoms with Crippen LogP contribution in [0.2, 0.25) is 0 Å². The maximum atomic E-state index is 14.2. The molecule has 1 unspecified atom stereocenters. The van der Waals surface area contributed by atoms with Gasteiger partial charge in [-0.2, -0.15) is 0 Å². The van der Waals surface area contributed by atoms with Gasteiger partial charge in [-0.05, 0) is 82.9 Å². The third-order valence-electron chi connectivity index (χ3n) is 8.12. The summed E-state index contributed by atoms with van der Waals surface area (Å²) in [4.78, 5) is 37.8. The number of benzene rings is 1. The SMILES string of the molecule is Cc1ccc(-c2nc3c(c(=O)n(CCCOC4CCCCO4)c(=O)n3C(C)C)n2Cc2ccccc2)c(OCC2CC2)n1. The van der Waals surface area contributed by atoms with Crippen LogP contribution in [-0.4, -0.2) is 49.8 Å². The molecular weight excluding hydrogens is 546 g/mol. The number of pyridine rings is 1. The Morgan fingerprint density at radius 3 is 2.53 bits per heavy atom. The van der Waals surface area contributed by atoms with Crippen LogP contribution in [0.3, 0.4) is 0 Å². The van der Waals surface area contributed by atoms with E-state index in [0.717, 1.165) is 43.4 Å². The molecule has 0 N–H and O–H groups in total. The first-order chi connectivity index (χ1) is 20.9. The van der Waals surface area contributed by atoms with Gasteiger partial charge in [0.2, 0.25) is 5.88 Å². The normalized spacial score (nSPS) is 17.2. The quantitative estimate of drug-likeness (QED) is 0.213. The predicted molar refractivity (Wildman–Crippen MR) is 165 cm³/mol. The lowest BCUT2D eigenvalue weighted by molar-refractivity contribution is -0.163. The second-order valence-electron chi connectivity index (χ2n) is 12.0. The zero-order chi connectivity index (χ0) is 29.9. The lowest BCUT2D eigenvalue weighted by atomic mass is 10.2. The predicted octanol–water partition coefficient (Wildman–Crippen LogP) is 5.08. The van der Waals surface area contributed by atoms with Crippen molar-refractivity contribution in [2.24, 2.45) is 5.92 Å². The topological polar surface area (TPSA) is 102 Å². The average molecular weight is 588 g/mol. The van der Waals surface area contributed by atoms with E-state index < -0.39 is 0 Å². The maximum absolute atomic E-state index is 14.2. The first-order valence-electron chi connectivity index (χ1n) is 15.5. The maximum Gasteiger partial charge on any atom is 0.332 e. The lowest BCUT2D eigenvalue weighted by Gasteiger charge is -2.22. The third-order valence-corrected chi connectivity index (χ3v) is 8.12. The number of imidazole rings is 1. The molecule has 0 spiro atoms. The van der Waals surface area contributed by atoms with E-state index in [4.69, 9.17) is 24.2 Å². The Hall–Kier alpha value is -3.76. The second-order valence-corrected chi connectivity index (χ2v) is 12.0. The Labute approximate surface area is 251 Å². The van der Waals surface area contributed by atoms with Crippen molar-refractivity contribution in [2.45, 2.75) is 84.7 Å². The first-order valence-corrected chi connectivity index (χ1v) is 15.5. The molecular formula is C33H41N5O5. The zero-order valence-electron chi connectivity index (χ0n) is 25.3. The van der Waals surface area contributed by atoms with Gasteiger partial charge in [-0.1, -0.05) is 30.3 Å². The van der Waals surface area contributed by atoms with Crippen LogP contribution in [0, 0.1) is 12.8 Å². The molecule has 4 heterocycles. The number of ether oxygens (including phenoxy) is 3. The Morgan fingerprint density at radius 2 is 1.81 bits per heavy atom. The molecule has 0 bridgehead atoms. The van der Waals surface area contributed by atoms with Gasteiger partial charge in [0.15, 0.2) is 17.5 Å². The van der Waals surface area contributed by atoms with Gasteiger partial charge in [0.05, 0.1) is 18.8 Å². The monoisotopic (exact) mass is 587 g/mol. The molecule has 0 amide bonds. The van der Waals surface area contributed by atoms with Gasteiger partial charge >= 0.3 is 5.69 Å². The number of aryl methyl sites for hydroxylation is 1. The van der Waals surface area contributed by atoms with Crippen LogP contribution in [0.5, 0.6) is 5.88 Å². The van der Waals surface area contributed by atoms with Crippen LogP contribution >= 0.6 is 0 Å². The Balaban J connectivity index is 1.45. The van der Waals surface area contributed by atoms with Crippen LogP contribution < -0.4 is 16.0 Å². The number of fused-ring (bicyclic) bond motifs is 1. The minimum absolute atomic E-state index is 0.213. The van der Waals surface area contributed by atoms with Gasteiger partial charge in [-0.25, -0.2) is 14.8 Å². The zero-order valence-corrected chi connectivity index (χ0v) is 25.3. The van der Waals surface area contributed by atoms with Crippen LogP contribution in [0.4, 0.5) is 0 Å². The number of hydrogen-bond acceptors (Lipinski definition) is 7. The number of nitrogens with zero attached hydrogens (tertiary/aromatic N) is 5. The fourth-order valence-electron chi connectivity index (χ4n) is 5.62. The van der Waals surface area contributed by atoms with Crippen molar-refractivity contribution < 1.29 is 14.2 Å². The lowest BCUT2D eigenvalue weighted by Crippen LogP contribution is -2.41. The standard InChI is InChI=1S/C33H41N5O5/c1-22(2)38-30-28(32(39)36(33(38)40)17-9-19-42-27-12-7-8-18-41-27)37(20-24-10-5-4-6-11-24)29(35-30)26-16-13-23(3)34-31(26)43-21-25-14-15-25/h4-6,10-11,13,16,22,25,27H,7-9,12,14-15,17-21H2,1-3H3. The van der Waals surface area contributed by atoms with Crippen LogP contribution in [0.1, 0.15) is 69.7 Å². The molecule has 4 aromatic rings. The van der Waals surface area contributed by atoms with Crippen LogP contribution in [-0.2, 0) is 22.6 Å². The van der Waals surface area contributed by atoms with Gasteiger partial charge in [0.1, 0.15) is 5.82 Å². The molecule has 10 nitrogen and oxygen atoms in total. The summed E-state index contributed by atoms with van der Waals surface area (Å²) < 4.78 is 22.7. The Morgan fingerprint density at radius 1 is 1.00 bits per heavy atom. The van der Waals surface area contributed by atoms with Gasteiger partial charge in [-0.15, -0.1) is 0 Å². The summed E-state index contributed by atoms with van der Waals surface area (Å²) in [5.41, 5.74) is 2.57. The van der Waals surface area contributed by atoms with E-state index in [9.17, 15) is 9.59 Å². The Kier molecular flexibility index (Phi) is 8.76. The van der Waals surface area contributed by atoms with Crippen molar-refractivity contribution in [1.29, 1.82) is 0 Å². The van der Waals surface area contributed by atoms with Crippen LogP contribution in [0.25, 0.3) is 22.6 Å². The first kappa shape index (κ1) is 29.3. The molecule has 228 valence electrons. The van der Waals surface area contributed by atoms with Crippen molar-refractivity contribution in [1.82, 2.24) is 23.7 Å². The minimum atomic E-state index is -0.371. The molecule has 1 saturated carbocycles. The fourth-order valence-corrected chi connectivity index (χ4v) is 5.62. The highest BCUT2D eigenvalue weighted by molar-refractivity contribution is 5.79. The number of hydrogen-bond donors (Lipinski definition) is 0. The highest BCUT2D eigenvalue weighted by Gasteiger charge is 2.27. The van der Waals surface area contributed by atoms with Crippen molar-refractivity contribution in [3.8, 4) is 17.3 Å². The van der Waals surface area contributed by atoms with E-state index >= 15 is 0 Å². The summed E-state index contributed by atoms with van der Waals surface area (Å²) in [6.45, 7) is 8.15. The van der Waals surface area contributed by atoms with E-state index in [0.29, 0.717) is 67.1 Å². The molecule has 43 heavy (non-hydrogen) atoms. The Bertz CT molecular complexity index is 1680. The molecule has 1 atom stereocenters. The van der Waals surface area contributed by atoms with Gasteiger partial charge in [-0.3, -0.25) is 13.9 Å². The van der Waals surface area contributed by atoms with Gasteiger partial charge < -0.3 is 18.8 Å². The summed E-state index contributed by atoms with van der Waals surface area (Å²) in [5, 5.41) is 0. The summed E-state index contributed by atoms with van der Waals surface area (Å²) in [6, 6.07) is 13.6. The molecule has 1 aliphatic carbocycles. The molecule has 0 radical (unpaired) electrons. The molecule has 2 fully saturated rings. The third kappa shape index (κ3) is 6.45. The molecule has 2 aliphatic rings. The fraction of sp³-hybridized carbons (Fsp3) is 0.515. The van der Waals surface area contributed by atoms with Crippen molar-refractivity contribution >= 4 is 11.2 Å². The summed E-state index contributed by atoms with van der Waals surface area (Å²) >= 11 is 0. The minimum Gasteiger partial charge on any atom is -0.477 e. The smallest absolute Gasteiger partial charge is 0.332 e. The molecule has 1 saturated heterocycles. The van der Waals surface area contributed by atoms with E-state index in [-0.39, 0.29) is 30.1 Å². The van der Waals surface area contributed by atoms with E-state index in [1.54, 1.807) is 4.57 Å². The number of aromatic nitrogens is 5. The van der Waals surface area contributed by atoms with Crippen LogP contribution in [0.15, 0.2) is 52.1 Å². The number of rotatable bonds is 12. The summed E-state index contributed by atoms with van der Waals surface area (Å²) in [5.74, 6) is 1.60. The molecule has 3 aromatic heterocycles. The summed E-state index contributed by atoms with van der Waals surface area (Å²) in [6.07, 6.45) is 5.62. The highest BCUT2D eigenvalue weighted by atomic mass is 16.7. The average Bonchev–Trinajstić information content (AvgIpc) is 3.77. The van der Waals surface area contributed by atoms with Crippen molar-refractivity contribution in [3.63, 3.8) is 0 Å². The highest BCUT2D eigenvalue weighted by Crippen LogP contribution is 2.34. The largest absolute Gasteiger partial charge is 0.477 e. The molecule has 1 aromatic carbocycles. The van der Waals surface area contributed by atoms with E-state index in [2.05, 4.69) is 0 Å². The molecule has 1 aliphatic heterocycles. The van der Waals surface area contributed by atoms with Gasteiger partial charge in [0, 0.05) is 31.4 Å². The van der Waals surface area contributed by atoms with Crippen molar-refractivity contribution in [2.75, 3.05) is 19.8 Å². The molecule has 10 heteroatoms. The van der Waals surface area contributed by atoms with Crippen molar-refractivity contribution in [3.05, 3.63) is 74.6 Å². The summed E-state index contributed by atoms with van der Waals surface area (Å²) in [7, 11) is 0. The van der Waals surface area contributed by atoms with E-state index in [1.165, 1.54) is 4.57 Å². The molecule has 6 rings (SSSR count).